The van der Waals surface area contributed by atoms with Crippen LogP contribution in [0.25, 0.3) is 5.57 Å². The largest absolute Gasteiger partial charge is 0.390 e. The Morgan fingerprint density at radius 3 is 2.87 bits per heavy atom. The molecule has 1 aromatic heterocycles. The van der Waals surface area contributed by atoms with Crippen LogP contribution in [0.2, 0.25) is 0 Å². The van der Waals surface area contributed by atoms with Crippen LogP contribution >= 0.6 is 0 Å². The maximum Gasteiger partial charge on any atom is 0.314 e. The second kappa shape index (κ2) is 9.14. The number of nitrogens with one attached hydrogen (secondary N) is 4. The van der Waals surface area contributed by atoms with Gasteiger partial charge < -0.3 is 20.6 Å². The molecule has 11 heteroatoms. The minimum absolute atomic E-state index is 0.0504. The van der Waals surface area contributed by atoms with Gasteiger partial charge in [0.2, 0.25) is 0 Å². The summed E-state index contributed by atoms with van der Waals surface area (Å²) >= 11 is 0. The van der Waals surface area contributed by atoms with Crippen LogP contribution in [0.3, 0.4) is 0 Å². The van der Waals surface area contributed by atoms with Crippen LogP contribution in [0.1, 0.15) is 70.0 Å². The summed E-state index contributed by atoms with van der Waals surface area (Å²) in [5.74, 6) is 1.44. The standard InChI is InChI=1S/C28H39N7O4/c1-15-12-27(38)7-5-20(28(13-15,14-27)19-11-16-3-4-17(16)19)35-22-18-6-8-29-23(18)33-32-21(22)24(34-35)31-26(37)25(36)30-9-10-39-2/h6,8,15-17,19-20,23,32-33,38H,3-5,7,9-14H2,1-2H3,(H,30,36)(H,31,34,37). The lowest BCUT2D eigenvalue weighted by atomic mass is 9.39. The van der Waals surface area contributed by atoms with E-state index in [1.165, 1.54) is 19.3 Å². The first kappa shape index (κ1) is 25.2. The third kappa shape index (κ3) is 3.88. The molecule has 0 saturated heterocycles. The van der Waals surface area contributed by atoms with Gasteiger partial charge in [-0.25, -0.2) is 5.43 Å². The summed E-state index contributed by atoms with van der Waals surface area (Å²) in [6.07, 6.45) is 11.8. The number of carbonyl (C=O) groups excluding carboxylic acids is 2. The number of anilines is 2. The van der Waals surface area contributed by atoms with Gasteiger partial charge in [-0.15, -0.1) is 0 Å². The molecule has 8 unspecified atom stereocenters. The fraction of sp³-hybridized carbons (Fsp3) is 0.714. The molecule has 5 N–H and O–H groups in total. The second-order valence-electron chi connectivity index (χ2n) is 12.9. The maximum absolute atomic E-state index is 12.8. The van der Waals surface area contributed by atoms with E-state index in [4.69, 9.17) is 9.84 Å². The second-order valence-corrected chi connectivity index (χ2v) is 12.9. The average Bonchev–Trinajstić information content (AvgIpc) is 3.49. The molecule has 0 aromatic carbocycles. The van der Waals surface area contributed by atoms with Crippen molar-refractivity contribution in [1.82, 2.24) is 20.5 Å². The minimum Gasteiger partial charge on any atom is -0.390 e. The van der Waals surface area contributed by atoms with Gasteiger partial charge in [-0.05, 0) is 86.5 Å². The van der Waals surface area contributed by atoms with Gasteiger partial charge in [-0.2, -0.15) is 5.10 Å². The van der Waals surface area contributed by atoms with Crippen molar-refractivity contribution in [2.24, 2.45) is 34.1 Å². The zero-order valence-corrected chi connectivity index (χ0v) is 22.7. The number of amides is 2. The van der Waals surface area contributed by atoms with E-state index in [0.717, 1.165) is 55.2 Å². The smallest absolute Gasteiger partial charge is 0.314 e. The van der Waals surface area contributed by atoms with Crippen molar-refractivity contribution in [3.05, 3.63) is 11.8 Å². The summed E-state index contributed by atoms with van der Waals surface area (Å²) in [6, 6.07) is 0.0871. The number of aliphatic hydroxyl groups is 1. The summed E-state index contributed by atoms with van der Waals surface area (Å²) in [6.45, 7) is 2.86. The molecule has 2 amide bonds. The Balaban J connectivity index is 1.28. The Labute approximate surface area is 228 Å². The number of aromatic nitrogens is 2. The van der Waals surface area contributed by atoms with Crippen molar-refractivity contribution < 1.29 is 19.4 Å². The maximum atomic E-state index is 12.8. The number of ether oxygens (including phenoxy) is 1. The van der Waals surface area contributed by atoms with Gasteiger partial charge in [0.05, 0.1) is 23.9 Å². The Bertz CT molecular complexity index is 1260. The van der Waals surface area contributed by atoms with Gasteiger partial charge in [0.25, 0.3) is 0 Å². The summed E-state index contributed by atoms with van der Waals surface area (Å²) in [5.41, 5.74) is 8.30. The van der Waals surface area contributed by atoms with E-state index < -0.39 is 17.4 Å². The molecule has 1 aromatic rings. The Kier molecular flexibility index (Phi) is 5.91. The van der Waals surface area contributed by atoms with Crippen molar-refractivity contribution >= 4 is 35.1 Å². The number of methoxy groups -OCH3 is 1. The van der Waals surface area contributed by atoms with Crippen molar-refractivity contribution in [3.8, 4) is 0 Å². The number of hydrazine groups is 1. The number of aliphatic imine (C=N–C) groups is 1. The van der Waals surface area contributed by atoms with Gasteiger partial charge in [0.1, 0.15) is 11.9 Å². The van der Waals surface area contributed by atoms with Crippen molar-refractivity contribution in [1.29, 1.82) is 0 Å². The molecule has 8 atom stereocenters. The van der Waals surface area contributed by atoms with E-state index in [0.29, 0.717) is 29.9 Å². The Hall–Kier alpha value is -2.76. The van der Waals surface area contributed by atoms with Crippen LogP contribution in [0.4, 0.5) is 11.5 Å². The normalized spacial score (nSPS) is 39.2. The molecule has 39 heavy (non-hydrogen) atoms. The fourth-order valence-corrected chi connectivity index (χ4v) is 9.04. The molecular weight excluding hydrogens is 498 g/mol. The van der Waals surface area contributed by atoms with Gasteiger partial charge >= 0.3 is 11.8 Å². The number of fused-ring (bicyclic) bond motifs is 6. The van der Waals surface area contributed by atoms with E-state index in [9.17, 15) is 14.7 Å². The number of nitrogens with zero attached hydrogens (tertiary/aromatic N) is 3. The van der Waals surface area contributed by atoms with Crippen LogP contribution < -0.4 is 21.5 Å². The van der Waals surface area contributed by atoms with Crippen molar-refractivity contribution in [3.63, 3.8) is 0 Å². The predicted molar refractivity (Wildman–Crippen MR) is 146 cm³/mol. The molecule has 4 aliphatic carbocycles. The highest BCUT2D eigenvalue weighted by atomic mass is 16.5. The van der Waals surface area contributed by atoms with Gasteiger partial charge in [0, 0.05) is 25.4 Å². The molecule has 0 radical (unpaired) electrons. The third-order valence-corrected chi connectivity index (χ3v) is 10.6. The average molecular weight is 538 g/mol. The highest BCUT2D eigenvalue weighted by Crippen LogP contribution is 2.70. The van der Waals surface area contributed by atoms with Gasteiger partial charge in [-0.3, -0.25) is 24.6 Å². The van der Waals surface area contributed by atoms with Gasteiger partial charge in [-0.1, -0.05) is 6.92 Å². The summed E-state index contributed by atoms with van der Waals surface area (Å²) < 4.78 is 7.09. The lowest BCUT2D eigenvalue weighted by Crippen LogP contribution is -2.62. The molecule has 0 spiro atoms. The van der Waals surface area contributed by atoms with Crippen LogP contribution in [0, 0.1) is 29.1 Å². The molecule has 4 saturated carbocycles. The first-order valence-electron chi connectivity index (χ1n) is 14.5. The highest BCUT2D eigenvalue weighted by Gasteiger charge is 2.64. The number of rotatable bonds is 6. The lowest BCUT2D eigenvalue weighted by molar-refractivity contribution is -0.206. The summed E-state index contributed by atoms with van der Waals surface area (Å²) in [4.78, 5) is 29.8. The molecule has 2 aliphatic heterocycles. The Morgan fingerprint density at radius 2 is 2.13 bits per heavy atom. The van der Waals surface area contributed by atoms with Crippen LogP contribution in [-0.2, 0) is 14.3 Å². The molecule has 2 bridgehead atoms. The lowest BCUT2D eigenvalue weighted by Gasteiger charge is -2.67. The molecule has 210 valence electrons. The molecular formula is C28H39N7O4. The molecule has 11 nitrogen and oxygen atoms in total. The number of hydrogen-bond acceptors (Lipinski definition) is 8. The van der Waals surface area contributed by atoms with Crippen molar-refractivity contribution in [2.75, 3.05) is 31.0 Å². The van der Waals surface area contributed by atoms with Crippen LogP contribution in [0.5, 0.6) is 0 Å². The molecule has 3 heterocycles. The quantitative estimate of drug-likeness (QED) is 0.277. The molecule has 6 aliphatic rings. The van der Waals surface area contributed by atoms with Gasteiger partial charge in [0.15, 0.2) is 5.82 Å². The molecule has 4 fully saturated rings. The van der Waals surface area contributed by atoms with E-state index in [-0.39, 0.29) is 24.2 Å². The number of carbonyl (C=O) groups is 2. The van der Waals surface area contributed by atoms with E-state index in [1.807, 2.05) is 6.08 Å². The Morgan fingerprint density at radius 1 is 1.26 bits per heavy atom. The van der Waals surface area contributed by atoms with Crippen LogP contribution in [-0.4, -0.2) is 64.9 Å². The predicted octanol–water partition coefficient (Wildman–Crippen LogP) is 2.23. The zero-order valence-electron chi connectivity index (χ0n) is 22.7. The van der Waals surface area contributed by atoms with E-state index in [2.05, 4.69) is 38.1 Å². The fourth-order valence-electron chi connectivity index (χ4n) is 9.04. The summed E-state index contributed by atoms with van der Waals surface area (Å²) in [5, 5.41) is 22.1. The minimum atomic E-state index is -0.769. The van der Waals surface area contributed by atoms with E-state index in [1.54, 1.807) is 13.3 Å². The van der Waals surface area contributed by atoms with Crippen LogP contribution in [0.15, 0.2) is 11.1 Å². The SMILES string of the molecule is COCCNC(=O)C(=O)Nc1nn(C2CCC3(O)CC(C)CC2(C2CC4CCC42)C3)c2c1NNC1N=CC=C21. The topological polar surface area (TPSA) is 142 Å². The third-order valence-electron chi connectivity index (χ3n) is 10.6. The zero-order chi connectivity index (χ0) is 26.9. The summed E-state index contributed by atoms with van der Waals surface area (Å²) in [7, 11) is 1.54. The highest BCUT2D eigenvalue weighted by molar-refractivity contribution is 6.39. The van der Waals surface area contributed by atoms with Crippen molar-refractivity contribution in [2.45, 2.75) is 76.1 Å². The van der Waals surface area contributed by atoms with E-state index >= 15 is 0 Å². The first-order valence-corrected chi connectivity index (χ1v) is 14.5. The monoisotopic (exact) mass is 537 g/mol. The number of allylic oxidation sites excluding steroid dienone is 1. The number of hydrogen-bond donors (Lipinski definition) is 5. The molecule has 7 rings (SSSR count). The first-order chi connectivity index (χ1) is 18.8.